The molecule has 77 heavy (non-hydrogen) atoms. The average Bonchev–Trinajstić information content (AvgIpc) is 3.85. The summed E-state index contributed by atoms with van der Waals surface area (Å²) in [7, 11) is 3.38. The number of likely N-dealkylation sites (tertiary alicyclic amines) is 1. The molecule has 420 valence electrons. The van der Waals surface area contributed by atoms with Crippen molar-refractivity contribution in [3.63, 3.8) is 0 Å². The predicted molar refractivity (Wildman–Crippen MR) is 300 cm³/mol. The quantitative estimate of drug-likeness (QED) is 0.0533. The number of nitrogens with one attached hydrogen (secondary N) is 8. The van der Waals surface area contributed by atoms with E-state index < -0.39 is 47.6 Å². The molecule has 7 amide bonds. The van der Waals surface area contributed by atoms with Gasteiger partial charge in [-0.3, -0.25) is 38.4 Å². The number of rotatable bonds is 23. The van der Waals surface area contributed by atoms with Gasteiger partial charge in [-0.1, -0.05) is 103 Å². The number of likely N-dealkylation sites (N-methyl/N-ethyl adjacent to an activating group) is 2. The number of carbonyl (C=O) groups excluding carboxylic acids is 8. The van der Waals surface area contributed by atoms with Crippen molar-refractivity contribution in [1.29, 1.82) is 0 Å². The molecule has 0 aromatic heterocycles. The third-order valence-corrected chi connectivity index (χ3v) is 16.3. The molecule has 1 heterocycles. The number of hydrogen-bond acceptors (Lipinski definition) is 10. The summed E-state index contributed by atoms with van der Waals surface area (Å²) in [5, 5.41) is 25.5. The topological polar surface area (TPSA) is 236 Å². The molecule has 1 saturated carbocycles. The summed E-state index contributed by atoms with van der Waals surface area (Å²) in [5.41, 5.74) is 2.39. The highest BCUT2D eigenvalue weighted by molar-refractivity contribution is 6.03. The van der Waals surface area contributed by atoms with E-state index in [1.54, 1.807) is 62.3 Å². The number of ketones is 1. The van der Waals surface area contributed by atoms with Crippen LogP contribution in [0.5, 0.6) is 0 Å². The van der Waals surface area contributed by atoms with Crippen LogP contribution in [0.4, 0.5) is 0 Å². The summed E-state index contributed by atoms with van der Waals surface area (Å²) >= 11 is 0. The molecule has 1 saturated heterocycles. The van der Waals surface area contributed by atoms with Crippen LogP contribution in [0.3, 0.4) is 0 Å². The fraction of sp³-hybridized carbons (Fsp3) is 0.600. The first-order valence-electron chi connectivity index (χ1n) is 28.2. The SMILES string of the molecule is CC[C@H](NC)C(=O)N[C@H](C(=O)N[C@@H](CCNC(=O)c1ccc2cc(C(=O)C[C@H]3C[C@@H](C(=O)N[C@@H]4CCCc5ccccc54)N(C(=O)[C@@H](NC(=O)[C@H](C)NC)C(C)(C)C)C3)ccc2c1)C(=O)N[C@H](C)C(C)C)C1CCCCC1. The Balaban J connectivity index is 1.13. The van der Waals surface area contributed by atoms with Crippen molar-refractivity contribution < 1.29 is 38.4 Å². The van der Waals surface area contributed by atoms with Crippen LogP contribution in [0.1, 0.15) is 164 Å². The second-order valence-corrected chi connectivity index (χ2v) is 23.3. The highest BCUT2D eigenvalue weighted by Crippen LogP contribution is 2.34. The van der Waals surface area contributed by atoms with E-state index in [9.17, 15) is 38.4 Å². The van der Waals surface area contributed by atoms with E-state index in [-0.39, 0.29) is 103 Å². The lowest BCUT2D eigenvalue weighted by Crippen LogP contribution is -2.59. The van der Waals surface area contributed by atoms with Crippen molar-refractivity contribution in [2.45, 2.75) is 181 Å². The first-order valence-corrected chi connectivity index (χ1v) is 28.2. The standard InChI is InChI=1S/C60H87N9O8/c1-11-46(62-10)55(73)67-51(40-19-13-12-14-20-40)58(76)66-48(56(74)64-36(4)35(2)3)28-29-63-54(72)44-27-25-41-32-43(26-24-42(41)33-44)50(70)31-38-30-49(57(75)65-47-23-17-21-39-18-15-16-22-45(39)47)69(34-38)59(77)52(60(6,7)8)68-53(71)37(5)61-9/h15-16,18,22,24-27,32-33,35-38,40,46-49,51-52,61-62H,11-14,17,19-21,23,28-31,34H2,1-10H3,(H,63,72)(H,64,74)(H,65,75)(H,66,76)(H,67,73)(H,68,71)/t36-,37+,38-,46+,47-,48+,49+,51+,52-/m1/s1. The maximum atomic E-state index is 14.7. The minimum Gasteiger partial charge on any atom is -0.352 e. The number of Topliss-reactive ketones (excluding diaryl/α,β-unsaturated/α-hetero) is 1. The number of benzene rings is 3. The van der Waals surface area contributed by atoms with Crippen LogP contribution in [0.2, 0.25) is 0 Å². The maximum absolute atomic E-state index is 14.7. The minimum absolute atomic E-state index is 0.0686. The molecule has 9 atom stereocenters. The van der Waals surface area contributed by atoms with Gasteiger partial charge in [0.25, 0.3) is 5.91 Å². The molecule has 3 aliphatic rings. The summed E-state index contributed by atoms with van der Waals surface area (Å²) in [6.07, 6.45) is 8.15. The minimum atomic E-state index is -0.985. The third-order valence-electron chi connectivity index (χ3n) is 16.3. The summed E-state index contributed by atoms with van der Waals surface area (Å²) in [6, 6.07) is 13.6. The van der Waals surface area contributed by atoms with Crippen molar-refractivity contribution >= 4 is 57.9 Å². The normalized spacial score (nSPS) is 20.1. The largest absolute Gasteiger partial charge is 0.352 e. The molecule has 0 bridgehead atoms. The zero-order valence-electron chi connectivity index (χ0n) is 47.2. The van der Waals surface area contributed by atoms with E-state index >= 15 is 0 Å². The van der Waals surface area contributed by atoms with Crippen LogP contribution >= 0.6 is 0 Å². The summed E-state index contributed by atoms with van der Waals surface area (Å²) in [4.78, 5) is 113. The lowest BCUT2D eigenvalue weighted by atomic mass is 9.83. The van der Waals surface area contributed by atoms with E-state index in [1.165, 1.54) is 5.56 Å². The second kappa shape index (κ2) is 27.4. The Labute approximate surface area is 456 Å². The van der Waals surface area contributed by atoms with E-state index in [0.717, 1.165) is 67.7 Å². The Morgan fingerprint density at radius 2 is 1.36 bits per heavy atom. The van der Waals surface area contributed by atoms with E-state index in [1.807, 2.05) is 66.7 Å². The summed E-state index contributed by atoms with van der Waals surface area (Å²) in [6.45, 7) is 15.4. The predicted octanol–water partition coefficient (Wildman–Crippen LogP) is 5.79. The highest BCUT2D eigenvalue weighted by Gasteiger charge is 2.46. The molecule has 3 aromatic carbocycles. The zero-order chi connectivity index (χ0) is 56.1. The van der Waals surface area contributed by atoms with Gasteiger partial charge in [-0.15, -0.1) is 0 Å². The molecule has 0 radical (unpaired) electrons. The van der Waals surface area contributed by atoms with Crippen molar-refractivity contribution in [2.75, 3.05) is 27.2 Å². The van der Waals surface area contributed by atoms with E-state index in [4.69, 9.17) is 0 Å². The van der Waals surface area contributed by atoms with Crippen molar-refractivity contribution in [2.24, 2.45) is 23.2 Å². The zero-order valence-corrected chi connectivity index (χ0v) is 47.2. The van der Waals surface area contributed by atoms with Gasteiger partial charge in [-0.2, -0.15) is 0 Å². The number of aryl methyl sites for hydroxylation is 1. The van der Waals surface area contributed by atoms with Gasteiger partial charge in [0.05, 0.1) is 18.1 Å². The number of fused-ring (bicyclic) bond motifs is 2. The smallest absolute Gasteiger partial charge is 0.251 e. The van der Waals surface area contributed by atoms with Crippen LogP contribution in [-0.2, 0) is 35.2 Å². The molecular weight excluding hydrogens is 975 g/mol. The van der Waals surface area contributed by atoms with Crippen molar-refractivity contribution in [1.82, 2.24) is 47.4 Å². The molecule has 2 fully saturated rings. The lowest BCUT2D eigenvalue weighted by Gasteiger charge is -2.36. The maximum Gasteiger partial charge on any atom is 0.251 e. The monoisotopic (exact) mass is 1060 g/mol. The van der Waals surface area contributed by atoms with Crippen LogP contribution in [0, 0.1) is 23.2 Å². The molecule has 3 aromatic rings. The number of hydrogen-bond donors (Lipinski definition) is 8. The fourth-order valence-corrected chi connectivity index (χ4v) is 11.0. The van der Waals surface area contributed by atoms with E-state index in [2.05, 4.69) is 48.6 Å². The Kier molecular flexibility index (Phi) is 21.4. The Hall–Kier alpha value is -6.20. The molecule has 0 spiro atoms. The van der Waals surface area contributed by atoms with Crippen molar-refractivity contribution in [3.8, 4) is 0 Å². The van der Waals surface area contributed by atoms with Crippen molar-refractivity contribution in [3.05, 3.63) is 82.9 Å². The fourth-order valence-electron chi connectivity index (χ4n) is 11.0. The van der Waals surface area contributed by atoms with Gasteiger partial charge in [-0.05, 0) is 143 Å². The van der Waals surface area contributed by atoms with Gasteiger partial charge in [0.15, 0.2) is 5.78 Å². The first-order chi connectivity index (χ1) is 36.6. The molecule has 17 nitrogen and oxygen atoms in total. The molecule has 1 aliphatic heterocycles. The van der Waals surface area contributed by atoms with Crippen LogP contribution in [0.25, 0.3) is 10.8 Å². The third kappa shape index (κ3) is 15.7. The number of carbonyl (C=O) groups is 8. The van der Waals surface area contributed by atoms with Gasteiger partial charge in [0, 0.05) is 36.7 Å². The Morgan fingerprint density at radius 1 is 0.701 bits per heavy atom. The molecule has 17 heteroatoms. The second-order valence-electron chi connectivity index (χ2n) is 23.3. The first kappa shape index (κ1) is 60.0. The molecule has 2 aliphatic carbocycles. The highest BCUT2D eigenvalue weighted by atomic mass is 16.2. The number of nitrogens with zero attached hydrogens (tertiary/aromatic N) is 1. The van der Waals surface area contributed by atoms with Gasteiger partial charge >= 0.3 is 0 Å². The molecule has 8 N–H and O–H groups in total. The van der Waals surface area contributed by atoms with E-state index in [0.29, 0.717) is 17.5 Å². The molecule has 0 unspecified atom stereocenters. The van der Waals surface area contributed by atoms with Crippen LogP contribution in [-0.4, -0.2) is 122 Å². The van der Waals surface area contributed by atoms with Gasteiger partial charge < -0.3 is 47.4 Å². The van der Waals surface area contributed by atoms with Crippen LogP contribution < -0.4 is 42.5 Å². The average molecular weight is 1060 g/mol. The van der Waals surface area contributed by atoms with Gasteiger partial charge in [-0.25, -0.2) is 0 Å². The van der Waals surface area contributed by atoms with Gasteiger partial charge in [0.2, 0.25) is 35.4 Å². The molecular formula is C60H87N9O8. The van der Waals surface area contributed by atoms with Gasteiger partial charge in [0.1, 0.15) is 24.2 Å². The van der Waals surface area contributed by atoms with Crippen LogP contribution in [0.15, 0.2) is 60.7 Å². The number of amides is 7. The Bertz CT molecular complexity index is 2590. The summed E-state index contributed by atoms with van der Waals surface area (Å²) < 4.78 is 0. The summed E-state index contributed by atoms with van der Waals surface area (Å²) in [5.74, 6) is -2.87. The lowest BCUT2D eigenvalue weighted by molar-refractivity contribution is -0.144. The Morgan fingerprint density at radius 3 is 2.01 bits per heavy atom. The molecule has 6 rings (SSSR count).